The lowest BCUT2D eigenvalue weighted by Crippen LogP contribution is -2.44. The predicted molar refractivity (Wildman–Crippen MR) is 81.0 cm³/mol. The van der Waals surface area contributed by atoms with Crippen LogP contribution in [0.1, 0.15) is 36.5 Å². The van der Waals surface area contributed by atoms with Crippen LogP contribution in [0, 0.1) is 5.41 Å². The van der Waals surface area contributed by atoms with Crippen LogP contribution in [-0.2, 0) is 0 Å². The number of hydrogen-bond donors (Lipinski definition) is 2. The van der Waals surface area contributed by atoms with Gasteiger partial charge in [0.2, 0.25) is 0 Å². The normalized spacial score (nSPS) is 25.5. The first-order chi connectivity index (χ1) is 9.50. The van der Waals surface area contributed by atoms with Crippen LogP contribution in [0.4, 0.5) is 0 Å². The number of ether oxygens (including phenoxy) is 1. The van der Waals surface area contributed by atoms with Crippen LogP contribution < -0.4 is 10.1 Å². The number of rotatable bonds is 4. The summed E-state index contributed by atoms with van der Waals surface area (Å²) in [5, 5.41) is 12.6. The SMILES string of the molecule is COc1ccc(Br)c(C(=O)NC2CCCC2(C)CO)c1. The van der Waals surface area contributed by atoms with Crippen LogP contribution >= 0.6 is 15.9 Å². The lowest BCUT2D eigenvalue weighted by atomic mass is 9.85. The highest BCUT2D eigenvalue weighted by Gasteiger charge is 2.39. The maximum atomic E-state index is 12.4. The molecule has 2 rings (SSSR count). The van der Waals surface area contributed by atoms with Gasteiger partial charge in [-0.15, -0.1) is 0 Å². The number of benzene rings is 1. The monoisotopic (exact) mass is 341 g/mol. The Morgan fingerprint density at radius 1 is 1.60 bits per heavy atom. The Kier molecular flexibility index (Phi) is 4.70. The number of carbonyl (C=O) groups is 1. The van der Waals surface area contributed by atoms with Gasteiger partial charge in [0, 0.05) is 15.9 Å². The van der Waals surface area contributed by atoms with Gasteiger partial charge in [-0.25, -0.2) is 0 Å². The van der Waals surface area contributed by atoms with Crippen molar-refractivity contribution in [2.45, 2.75) is 32.2 Å². The molecule has 1 aliphatic carbocycles. The standard InChI is InChI=1S/C15H20BrNO3/c1-15(9-18)7-3-4-13(15)17-14(19)11-8-10(20-2)5-6-12(11)16/h5-6,8,13,18H,3-4,7,9H2,1-2H3,(H,17,19). The van der Waals surface area contributed by atoms with Gasteiger partial charge in [-0.2, -0.15) is 0 Å². The second-order valence-corrected chi connectivity index (χ2v) is 6.43. The van der Waals surface area contributed by atoms with E-state index in [1.807, 2.05) is 6.92 Å². The van der Waals surface area contributed by atoms with E-state index in [0.29, 0.717) is 11.3 Å². The van der Waals surface area contributed by atoms with E-state index in [1.165, 1.54) is 0 Å². The fourth-order valence-corrected chi connectivity index (χ4v) is 3.14. The Labute approximate surface area is 127 Å². The molecular weight excluding hydrogens is 322 g/mol. The van der Waals surface area contributed by atoms with Crippen LogP contribution in [0.5, 0.6) is 5.75 Å². The highest BCUT2D eigenvalue weighted by Crippen LogP contribution is 2.37. The van der Waals surface area contributed by atoms with Crippen molar-refractivity contribution in [1.29, 1.82) is 0 Å². The van der Waals surface area contributed by atoms with Gasteiger partial charge >= 0.3 is 0 Å². The third-order valence-electron chi connectivity index (χ3n) is 4.17. The van der Waals surface area contributed by atoms with Gasteiger partial charge in [0.05, 0.1) is 19.3 Å². The maximum absolute atomic E-state index is 12.4. The fourth-order valence-electron chi connectivity index (χ4n) is 2.71. The molecule has 0 radical (unpaired) electrons. The Morgan fingerprint density at radius 3 is 3.00 bits per heavy atom. The molecule has 0 spiro atoms. The number of nitrogens with one attached hydrogen (secondary N) is 1. The van der Waals surface area contributed by atoms with Crippen molar-refractivity contribution in [3.05, 3.63) is 28.2 Å². The Hall–Kier alpha value is -1.07. The summed E-state index contributed by atoms with van der Waals surface area (Å²) in [6.07, 6.45) is 2.87. The molecule has 5 heteroatoms. The van der Waals surface area contributed by atoms with E-state index in [-0.39, 0.29) is 24.0 Å². The quantitative estimate of drug-likeness (QED) is 0.885. The van der Waals surface area contributed by atoms with Crippen LogP contribution in [0.15, 0.2) is 22.7 Å². The molecule has 1 aromatic rings. The summed E-state index contributed by atoms with van der Waals surface area (Å²) < 4.78 is 5.89. The molecule has 2 atom stereocenters. The van der Waals surface area contributed by atoms with Crippen molar-refractivity contribution in [3.8, 4) is 5.75 Å². The second-order valence-electron chi connectivity index (χ2n) is 5.58. The average Bonchev–Trinajstić information content (AvgIpc) is 2.81. The summed E-state index contributed by atoms with van der Waals surface area (Å²) in [5.41, 5.74) is 0.331. The molecular formula is C15H20BrNO3. The number of methoxy groups -OCH3 is 1. The van der Waals surface area contributed by atoms with E-state index in [9.17, 15) is 9.90 Å². The number of hydrogen-bond acceptors (Lipinski definition) is 3. The predicted octanol–water partition coefficient (Wildman–Crippen LogP) is 2.74. The molecule has 0 aliphatic heterocycles. The zero-order valence-corrected chi connectivity index (χ0v) is 13.4. The molecule has 0 aromatic heterocycles. The molecule has 20 heavy (non-hydrogen) atoms. The fraction of sp³-hybridized carbons (Fsp3) is 0.533. The summed E-state index contributed by atoms with van der Waals surface area (Å²) in [6.45, 7) is 2.11. The first-order valence-corrected chi connectivity index (χ1v) is 7.55. The summed E-state index contributed by atoms with van der Waals surface area (Å²) >= 11 is 3.39. The Bertz CT molecular complexity index is 506. The van der Waals surface area contributed by atoms with Crippen molar-refractivity contribution < 1.29 is 14.6 Å². The van der Waals surface area contributed by atoms with Crippen LogP contribution in [-0.4, -0.2) is 30.8 Å². The zero-order chi connectivity index (χ0) is 14.8. The minimum atomic E-state index is -0.221. The third kappa shape index (κ3) is 2.99. The smallest absolute Gasteiger partial charge is 0.252 e. The van der Waals surface area contributed by atoms with E-state index in [4.69, 9.17) is 4.74 Å². The number of halogens is 1. The molecule has 0 heterocycles. The molecule has 1 aliphatic rings. The number of amides is 1. The van der Waals surface area contributed by atoms with Gasteiger partial charge in [-0.3, -0.25) is 4.79 Å². The molecule has 4 nitrogen and oxygen atoms in total. The van der Waals surface area contributed by atoms with E-state index in [1.54, 1.807) is 25.3 Å². The van der Waals surface area contributed by atoms with Crippen molar-refractivity contribution in [2.24, 2.45) is 5.41 Å². The minimum absolute atomic E-state index is 0.0121. The largest absolute Gasteiger partial charge is 0.497 e. The van der Waals surface area contributed by atoms with E-state index in [2.05, 4.69) is 21.2 Å². The van der Waals surface area contributed by atoms with Gasteiger partial charge in [0.25, 0.3) is 5.91 Å². The van der Waals surface area contributed by atoms with E-state index in [0.717, 1.165) is 23.7 Å². The molecule has 110 valence electrons. The zero-order valence-electron chi connectivity index (χ0n) is 11.8. The summed E-state index contributed by atoms with van der Waals surface area (Å²) in [7, 11) is 1.57. The molecule has 0 saturated heterocycles. The lowest BCUT2D eigenvalue weighted by Gasteiger charge is -2.30. The van der Waals surface area contributed by atoms with Gasteiger partial charge in [-0.1, -0.05) is 13.3 Å². The number of aliphatic hydroxyl groups is 1. The number of carbonyl (C=O) groups excluding carboxylic acids is 1. The van der Waals surface area contributed by atoms with Crippen LogP contribution in [0.2, 0.25) is 0 Å². The summed E-state index contributed by atoms with van der Waals surface area (Å²) in [4.78, 5) is 12.4. The van der Waals surface area contributed by atoms with E-state index < -0.39 is 0 Å². The first-order valence-electron chi connectivity index (χ1n) is 6.75. The maximum Gasteiger partial charge on any atom is 0.252 e. The van der Waals surface area contributed by atoms with E-state index >= 15 is 0 Å². The lowest BCUT2D eigenvalue weighted by molar-refractivity contribution is 0.0829. The van der Waals surface area contributed by atoms with Crippen molar-refractivity contribution in [2.75, 3.05) is 13.7 Å². The first kappa shape index (κ1) is 15.3. The molecule has 2 unspecified atom stereocenters. The van der Waals surface area contributed by atoms with Crippen molar-refractivity contribution >= 4 is 21.8 Å². The molecule has 2 N–H and O–H groups in total. The van der Waals surface area contributed by atoms with Gasteiger partial charge < -0.3 is 15.2 Å². The average molecular weight is 342 g/mol. The second kappa shape index (κ2) is 6.14. The van der Waals surface area contributed by atoms with Gasteiger partial charge in [-0.05, 0) is 47.0 Å². The number of aliphatic hydroxyl groups excluding tert-OH is 1. The molecule has 0 bridgehead atoms. The minimum Gasteiger partial charge on any atom is -0.497 e. The third-order valence-corrected chi connectivity index (χ3v) is 4.86. The highest BCUT2D eigenvalue weighted by atomic mass is 79.9. The van der Waals surface area contributed by atoms with Crippen molar-refractivity contribution in [3.63, 3.8) is 0 Å². The Morgan fingerprint density at radius 2 is 2.35 bits per heavy atom. The molecule has 1 amide bonds. The van der Waals surface area contributed by atoms with Crippen molar-refractivity contribution in [1.82, 2.24) is 5.32 Å². The van der Waals surface area contributed by atoms with Gasteiger partial charge in [0.1, 0.15) is 5.75 Å². The van der Waals surface area contributed by atoms with Crippen LogP contribution in [0.3, 0.4) is 0 Å². The summed E-state index contributed by atoms with van der Waals surface area (Å²) in [6, 6.07) is 5.32. The molecule has 1 fully saturated rings. The highest BCUT2D eigenvalue weighted by molar-refractivity contribution is 9.10. The van der Waals surface area contributed by atoms with Gasteiger partial charge in [0.15, 0.2) is 0 Å². The topological polar surface area (TPSA) is 58.6 Å². The molecule has 1 saturated carbocycles. The molecule has 1 aromatic carbocycles. The van der Waals surface area contributed by atoms with Crippen LogP contribution in [0.25, 0.3) is 0 Å². The summed E-state index contributed by atoms with van der Waals surface area (Å²) in [5.74, 6) is 0.511. The Balaban J connectivity index is 2.16.